The van der Waals surface area contributed by atoms with Crippen LogP contribution in [-0.2, 0) is 10.0 Å². The van der Waals surface area contributed by atoms with E-state index in [9.17, 15) is 8.42 Å². The number of nitrogens with zero attached hydrogens (tertiary/aromatic N) is 2. The molecule has 0 saturated heterocycles. The van der Waals surface area contributed by atoms with Gasteiger partial charge < -0.3 is 5.73 Å². The number of nitrogen functional groups attached to an aromatic ring is 1. The van der Waals surface area contributed by atoms with E-state index >= 15 is 0 Å². The van der Waals surface area contributed by atoms with Crippen LogP contribution in [0.25, 0.3) is 0 Å². The van der Waals surface area contributed by atoms with E-state index in [0.29, 0.717) is 17.8 Å². The molecule has 0 aromatic heterocycles. The SMILES string of the molecule is Cc1ccc(C)c(S(=O)(=O)N(CCC#N)CC(C)C)c1N. The summed E-state index contributed by atoms with van der Waals surface area (Å²) in [5.41, 5.74) is 7.66. The Labute approximate surface area is 127 Å². The number of anilines is 1. The third-order valence-corrected chi connectivity index (χ3v) is 5.32. The van der Waals surface area contributed by atoms with E-state index in [2.05, 4.69) is 0 Å². The molecule has 116 valence electrons. The smallest absolute Gasteiger partial charge is 0.245 e. The fourth-order valence-corrected chi connectivity index (χ4v) is 4.17. The maximum absolute atomic E-state index is 12.9. The van der Waals surface area contributed by atoms with Gasteiger partial charge in [0.05, 0.1) is 11.8 Å². The normalized spacial score (nSPS) is 11.9. The molecule has 0 aliphatic heterocycles. The van der Waals surface area contributed by atoms with Gasteiger partial charge in [-0.25, -0.2) is 8.42 Å². The standard InChI is InChI=1S/C15H23N3O2S/c1-11(2)10-18(9-5-8-16)21(19,20)15-13(4)7-6-12(3)14(15)17/h6-7,11H,5,9-10,17H2,1-4H3. The van der Waals surface area contributed by atoms with Crippen LogP contribution in [0.5, 0.6) is 0 Å². The highest BCUT2D eigenvalue weighted by Crippen LogP contribution is 2.29. The number of nitrogens with two attached hydrogens (primary N) is 1. The monoisotopic (exact) mass is 309 g/mol. The lowest BCUT2D eigenvalue weighted by Crippen LogP contribution is -2.36. The van der Waals surface area contributed by atoms with Gasteiger partial charge in [0.1, 0.15) is 4.90 Å². The molecule has 1 aromatic rings. The van der Waals surface area contributed by atoms with Gasteiger partial charge >= 0.3 is 0 Å². The molecule has 0 unspecified atom stereocenters. The highest BCUT2D eigenvalue weighted by atomic mass is 32.2. The Morgan fingerprint density at radius 1 is 1.29 bits per heavy atom. The summed E-state index contributed by atoms with van der Waals surface area (Å²) in [6, 6.07) is 5.57. The second-order valence-electron chi connectivity index (χ2n) is 5.61. The molecular formula is C15H23N3O2S. The zero-order chi connectivity index (χ0) is 16.2. The Morgan fingerprint density at radius 2 is 1.86 bits per heavy atom. The largest absolute Gasteiger partial charge is 0.397 e. The summed E-state index contributed by atoms with van der Waals surface area (Å²) >= 11 is 0. The van der Waals surface area contributed by atoms with E-state index in [1.165, 1.54) is 4.31 Å². The minimum absolute atomic E-state index is 0.163. The number of benzene rings is 1. The van der Waals surface area contributed by atoms with Gasteiger partial charge in [0, 0.05) is 19.5 Å². The van der Waals surface area contributed by atoms with Crippen molar-refractivity contribution in [2.45, 2.75) is 39.0 Å². The number of hydrogen-bond acceptors (Lipinski definition) is 4. The van der Waals surface area contributed by atoms with Gasteiger partial charge in [-0.2, -0.15) is 9.57 Å². The fraction of sp³-hybridized carbons (Fsp3) is 0.533. The Balaban J connectivity index is 3.35. The van der Waals surface area contributed by atoms with Crippen molar-refractivity contribution in [2.75, 3.05) is 18.8 Å². The summed E-state index contributed by atoms with van der Waals surface area (Å²) in [6.45, 7) is 7.97. The lowest BCUT2D eigenvalue weighted by Gasteiger charge is -2.25. The van der Waals surface area contributed by atoms with Crippen molar-refractivity contribution < 1.29 is 8.42 Å². The first-order chi connectivity index (χ1) is 9.71. The number of aryl methyl sites for hydroxylation is 2. The average Bonchev–Trinajstić information content (AvgIpc) is 2.38. The van der Waals surface area contributed by atoms with Crippen molar-refractivity contribution in [3.63, 3.8) is 0 Å². The molecule has 0 heterocycles. The van der Waals surface area contributed by atoms with Gasteiger partial charge in [-0.1, -0.05) is 26.0 Å². The zero-order valence-electron chi connectivity index (χ0n) is 13.0. The predicted molar refractivity (Wildman–Crippen MR) is 84.2 cm³/mol. The number of sulfonamides is 1. The molecule has 0 bridgehead atoms. The van der Waals surface area contributed by atoms with Crippen LogP contribution in [0, 0.1) is 31.1 Å². The highest BCUT2D eigenvalue weighted by Gasteiger charge is 2.29. The molecule has 0 aliphatic carbocycles. The van der Waals surface area contributed by atoms with E-state index < -0.39 is 10.0 Å². The maximum Gasteiger partial charge on any atom is 0.245 e. The minimum atomic E-state index is -3.69. The summed E-state index contributed by atoms with van der Waals surface area (Å²) in [4.78, 5) is 0.168. The Morgan fingerprint density at radius 3 is 2.38 bits per heavy atom. The molecule has 6 heteroatoms. The van der Waals surface area contributed by atoms with Crippen LogP contribution < -0.4 is 5.73 Å². The lowest BCUT2D eigenvalue weighted by molar-refractivity contribution is 0.373. The van der Waals surface area contributed by atoms with Crippen molar-refractivity contribution in [1.82, 2.24) is 4.31 Å². The van der Waals surface area contributed by atoms with E-state index in [1.54, 1.807) is 19.9 Å². The van der Waals surface area contributed by atoms with Gasteiger partial charge in [0.15, 0.2) is 0 Å². The van der Waals surface area contributed by atoms with Crippen LogP contribution in [-0.4, -0.2) is 25.8 Å². The molecule has 0 amide bonds. The molecule has 0 atom stereocenters. The fourth-order valence-electron chi connectivity index (χ4n) is 2.17. The Bertz CT molecular complexity index is 646. The summed E-state index contributed by atoms with van der Waals surface area (Å²) in [5, 5.41) is 8.74. The van der Waals surface area contributed by atoms with Gasteiger partial charge in [0.25, 0.3) is 0 Å². The Hall–Kier alpha value is -1.58. The summed E-state index contributed by atoms with van der Waals surface area (Å²) < 4.78 is 27.2. The number of rotatable bonds is 6. The molecule has 0 aliphatic rings. The second kappa shape index (κ2) is 6.92. The molecule has 1 rings (SSSR count). The molecular weight excluding hydrogens is 286 g/mol. The number of hydrogen-bond donors (Lipinski definition) is 1. The van der Waals surface area contributed by atoms with Crippen molar-refractivity contribution in [2.24, 2.45) is 5.92 Å². The van der Waals surface area contributed by atoms with Crippen LogP contribution in [0.15, 0.2) is 17.0 Å². The van der Waals surface area contributed by atoms with Crippen molar-refractivity contribution >= 4 is 15.7 Å². The molecule has 21 heavy (non-hydrogen) atoms. The van der Waals surface area contributed by atoms with E-state index in [-0.39, 0.29) is 23.8 Å². The Kier molecular flexibility index (Phi) is 5.76. The summed E-state index contributed by atoms with van der Waals surface area (Å²) in [6.07, 6.45) is 0.163. The first kappa shape index (κ1) is 17.5. The van der Waals surface area contributed by atoms with Crippen molar-refractivity contribution in [1.29, 1.82) is 5.26 Å². The maximum atomic E-state index is 12.9. The molecule has 0 spiro atoms. The molecule has 0 saturated carbocycles. The molecule has 1 aromatic carbocycles. The summed E-state index contributed by atoms with van der Waals surface area (Å²) in [7, 11) is -3.69. The zero-order valence-corrected chi connectivity index (χ0v) is 13.9. The van der Waals surface area contributed by atoms with Crippen LogP contribution in [0.2, 0.25) is 0 Å². The molecule has 0 fully saturated rings. The average molecular weight is 309 g/mol. The van der Waals surface area contributed by atoms with Gasteiger partial charge in [0.2, 0.25) is 10.0 Å². The van der Waals surface area contributed by atoms with Crippen molar-refractivity contribution in [3.8, 4) is 6.07 Å². The van der Waals surface area contributed by atoms with E-state index in [1.807, 2.05) is 26.0 Å². The van der Waals surface area contributed by atoms with E-state index in [0.717, 1.165) is 5.56 Å². The van der Waals surface area contributed by atoms with Gasteiger partial charge in [-0.15, -0.1) is 0 Å². The topological polar surface area (TPSA) is 87.2 Å². The molecule has 2 N–H and O–H groups in total. The number of nitriles is 1. The first-order valence-electron chi connectivity index (χ1n) is 6.94. The quantitative estimate of drug-likeness (QED) is 0.818. The third kappa shape index (κ3) is 3.96. The predicted octanol–water partition coefficient (Wildman–Crippen LogP) is 2.45. The summed E-state index contributed by atoms with van der Waals surface area (Å²) in [5.74, 6) is 0.171. The second-order valence-corrected chi connectivity index (χ2v) is 7.48. The van der Waals surface area contributed by atoms with Crippen molar-refractivity contribution in [3.05, 3.63) is 23.3 Å². The highest BCUT2D eigenvalue weighted by molar-refractivity contribution is 7.89. The lowest BCUT2D eigenvalue weighted by atomic mass is 10.1. The molecule has 5 nitrogen and oxygen atoms in total. The first-order valence-corrected chi connectivity index (χ1v) is 8.38. The molecule has 0 radical (unpaired) electrons. The van der Waals surface area contributed by atoms with E-state index in [4.69, 9.17) is 11.0 Å². The van der Waals surface area contributed by atoms with Gasteiger partial charge in [-0.05, 0) is 30.9 Å². The third-order valence-electron chi connectivity index (χ3n) is 3.25. The van der Waals surface area contributed by atoms with Crippen LogP contribution >= 0.6 is 0 Å². The van der Waals surface area contributed by atoms with Gasteiger partial charge in [-0.3, -0.25) is 0 Å². The van der Waals surface area contributed by atoms with Crippen LogP contribution in [0.1, 0.15) is 31.4 Å². The minimum Gasteiger partial charge on any atom is -0.397 e. The van der Waals surface area contributed by atoms with Crippen LogP contribution in [0.4, 0.5) is 5.69 Å². The van der Waals surface area contributed by atoms with Crippen LogP contribution in [0.3, 0.4) is 0 Å².